The monoisotopic (exact) mass is 140 g/mol. The van der Waals surface area contributed by atoms with E-state index in [1.54, 1.807) is 0 Å². The molecule has 2 nitrogen and oxygen atoms in total. The molecule has 1 rings (SSSR count). The van der Waals surface area contributed by atoms with E-state index in [1.807, 2.05) is 0 Å². The third kappa shape index (κ3) is 1.40. The number of halogens is 1. The van der Waals surface area contributed by atoms with Crippen molar-refractivity contribution >= 4 is 22.7 Å². The largest absolute Gasteiger partial charge is 0.289 e. The van der Waals surface area contributed by atoms with Crippen molar-refractivity contribution in [2.45, 2.75) is 5.38 Å². The van der Waals surface area contributed by atoms with Gasteiger partial charge in [0.25, 0.3) is 0 Å². The minimum Gasteiger partial charge on any atom is -0.289 e. The fourth-order valence-electron chi connectivity index (χ4n) is 0.394. The fourth-order valence-corrected chi connectivity index (χ4v) is 1.64. The summed E-state index contributed by atoms with van der Waals surface area (Å²) in [6.45, 7) is 0.439. The van der Waals surface area contributed by atoms with E-state index in [4.69, 9.17) is 11.6 Å². The Morgan fingerprint density at radius 2 is 2.57 bits per heavy atom. The van der Waals surface area contributed by atoms with Gasteiger partial charge in [-0.05, 0) is 0 Å². The summed E-state index contributed by atoms with van der Waals surface area (Å²) < 4.78 is 14.9. The van der Waals surface area contributed by atoms with Crippen LogP contribution in [0.1, 0.15) is 0 Å². The average molecular weight is 141 g/mol. The molecule has 1 aliphatic heterocycles. The highest BCUT2D eigenvalue weighted by Crippen LogP contribution is 2.08. The fraction of sp³-hybridized carbons (Fsp3) is 1.00. The zero-order valence-corrected chi connectivity index (χ0v) is 5.17. The van der Waals surface area contributed by atoms with Crippen molar-refractivity contribution in [1.29, 1.82) is 0 Å². The van der Waals surface area contributed by atoms with Gasteiger partial charge in [0.05, 0.1) is 17.7 Å². The highest BCUT2D eigenvalue weighted by atomic mass is 35.5. The van der Waals surface area contributed by atoms with Crippen molar-refractivity contribution < 1.29 is 8.39 Å². The second kappa shape index (κ2) is 2.11. The Labute approximate surface area is 49.5 Å². The Kier molecular flexibility index (Phi) is 1.67. The third-order valence-corrected chi connectivity index (χ3v) is 2.23. The minimum atomic E-state index is -1.08. The Balaban J connectivity index is 2.40. The summed E-state index contributed by atoms with van der Waals surface area (Å²) in [5.74, 6) is 0.488. The van der Waals surface area contributed by atoms with Gasteiger partial charge in [0.15, 0.2) is 11.1 Å². The van der Waals surface area contributed by atoms with E-state index in [0.29, 0.717) is 12.4 Å². The van der Waals surface area contributed by atoms with Gasteiger partial charge in [0.1, 0.15) is 0 Å². The smallest absolute Gasteiger partial charge is 0.157 e. The highest BCUT2D eigenvalue weighted by Gasteiger charge is 2.18. The Morgan fingerprint density at radius 1 is 1.86 bits per heavy atom. The van der Waals surface area contributed by atoms with Crippen molar-refractivity contribution in [3.05, 3.63) is 0 Å². The molecule has 0 N–H and O–H groups in total. The first-order valence-electron chi connectivity index (χ1n) is 1.95. The molecule has 0 aromatic rings. The van der Waals surface area contributed by atoms with Crippen molar-refractivity contribution in [1.82, 2.24) is 0 Å². The van der Waals surface area contributed by atoms with Crippen LogP contribution in [0.2, 0.25) is 0 Å². The predicted molar refractivity (Wildman–Crippen MR) is 28.6 cm³/mol. The maximum absolute atomic E-state index is 10.3. The maximum Gasteiger partial charge on any atom is 0.157 e. The molecule has 0 amide bonds. The Bertz CT molecular complexity index is 94.9. The molecule has 1 fully saturated rings. The van der Waals surface area contributed by atoms with E-state index in [0.717, 1.165) is 0 Å². The first-order chi connectivity index (χ1) is 3.29. The molecule has 0 saturated carbocycles. The third-order valence-electron chi connectivity index (χ3n) is 0.697. The van der Waals surface area contributed by atoms with E-state index in [2.05, 4.69) is 4.18 Å². The molecule has 0 bridgehead atoms. The van der Waals surface area contributed by atoms with Gasteiger partial charge in [-0.1, -0.05) is 0 Å². The van der Waals surface area contributed by atoms with E-state index < -0.39 is 11.1 Å². The van der Waals surface area contributed by atoms with Crippen LogP contribution in [0, 0.1) is 0 Å². The number of hydrogen-bond acceptors (Lipinski definition) is 2. The summed E-state index contributed by atoms with van der Waals surface area (Å²) in [6, 6.07) is 0. The molecule has 1 heterocycles. The molecule has 2 atom stereocenters. The summed E-state index contributed by atoms with van der Waals surface area (Å²) in [5, 5.41) is -0.0270. The second-order valence-corrected chi connectivity index (χ2v) is 3.15. The standard InChI is InChI=1S/C3H5ClO2S/c4-3-1-6-7(5)2-3/h3H,1-2H2. The van der Waals surface area contributed by atoms with Crippen molar-refractivity contribution in [2.24, 2.45) is 0 Å². The molecule has 0 aromatic heterocycles. The topological polar surface area (TPSA) is 26.3 Å². The van der Waals surface area contributed by atoms with Gasteiger partial charge in [0.2, 0.25) is 0 Å². The zero-order chi connectivity index (χ0) is 5.28. The molecule has 1 aliphatic rings. The van der Waals surface area contributed by atoms with Gasteiger partial charge in [-0.15, -0.1) is 11.6 Å². The van der Waals surface area contributed by atoms with Gasteiger partial charge in [-0.2, -0.15) is 0 Å². The van der Waals surface area contributed by atoms with Gasteiger partial charge < -0.3 is 0 Å². The lowest BCUT2D eigenvalue weighted by atomic mass is 10.5. The summed E-state index contributed by atoms with van der Waals surface area (Å²) in [6.07, 6.45) is 0. The SMILES string of the molecule is O=S1CC(Cl)CO1. The second-order valence-electron chi connectivity index (χ2n) is 1.35. The molecular formula is C3H5ClO2S. The van der Waals surface area contributed by atoms with Crippen LogP contribution < -0.4 is 0 Å². The quantitative estimate of drug-likeness (QED) is 0.452. The van der Waals surface area contributed by atoms with Crippen molar-refractivity contribution in [2.75, 3.05) is 12.4 Å². The molecular weight excluding hydrogens is 136 g/mol. The van der Waals surface area contributed by atoms with Gasteiger partial charge >= 0.3 is 0 Å². The van der Waals surface area contributed by atoms with Crippen LogP contribution in [0.25, 0.3) is 0 Å². The van der Waals surface area contributed by atoms with Crippen molar-refractivity contribution in [3.8, 4) is 0 Å². The van der Waals surface area contributed by atoms with Crippen LogP contribution in [0.3, 0.4) is 0 Å². The zero-order valence-electron chi connectivity index (χ0n) is 3.59. The Hall–Kier alpha value is 0.400. The predicted octanol–water partition coefficient (Wildman–Crippen LogP) is 0.288. The maximum atomic E-state index is 10.3. The summed E-state index contributed by atoms with van der Waals surface area (Å²) in [5.41, 5.74) is 0. The molecule has 4 heteroatoms. The molecule has 0 aromatic carbocycles. The molecule has 0 aliphatic carbocycles. The molecule has 1 saturated heterocycles. The van der Waals surface area contributed by atoms with Crippen LogP contribution in [-0.2, 0) is 15.3 Å². The lowest BCUT2D eigenvalue weighted by molar-refractivity contribution is 0.384. The first kappa shape index (κ1) is 5.54. The molecule has 0 radical (unpaired) electrons. The van der Waals surface area contributed by atoms with Gasteiger partial charge in [-0.25, -0.2) is 4.21 Å². The van der Waals surface area contributed by atoms with E-state index >= 15 is 0 Å². The summed E-state index contributed by atoms with van der Waals surface area (Å²) >= 11 is 4.40. The molecule has 42 valence electrons. The average Bonchev–Trinajstić information content (AvgIpc) is 1.87. The van der Waals surface area contributed by atoms with Gasteiger partial charge in [-0.3, -0.25) is 4.18 Å². The van der Waals surface area contributed by atoms with Crippen LogP contribution in [-0.4, -0.2) is 21.9 Å². The number of alkyl halides is 1. The van der Waals surface area contributed by atoms with Crippen molar-refractivity contribution in [3.63, 3.8) is 0 Å². The lowest BCUT2D eigenvalue weighted by Crippen LogP contribution is -1.99. The first-order valence-corrected chi connectivity index (χ1v) is 3.63. The minimum absolute atomic E-state index is 0.0270. The number of rotatable bonds is 0. The van der Waals surface area contributed by atoms with Crippen LogP contribution in [0.5, 0.6) is 0 Å². The molecule has 2 unspecified atom stereocenters. The Morgan fingerprint density at radius 3 is 2.71 bits per heavy atom. The highest BCUT2D eigenvalue weighted by molar-refractivity contribution is 7.80. The number of hydrogen-bond donors (Lipinski definition) is 0. The van der Waals surface area contributed by atoms with Crippen LogP contribution in [0.4, 0.5) is 0 Å². The van der Waals surface area contributed by atoms with Crippen LogP contribution >= 0.6 is 11.6 Å². The van der Waals surface area contributed by atoms with E-state index in [1.165, 1.54) is 0 Å². The lowest BCUT2D eigenvalue weighted by Gasteiger charge is -1.83. The molecule has 0 spiro atoms. The summed E-state index contributed by atoms with van der Waals surface area (Å²) in [4.78, 5) is 0. The van der Waals surface area contributed by atoms with Gasteiger partial charge in [0, 0.05) is 0 Å². The molecule has 7 heavy (non-hydrogen) atoms. The normalized spacial score (nSPS) is 41.9. The van der Waals surface area contributed by atoms with E-state index in [9.17, 15) is 4.21 Å². The van der Waals surface area contributed by atoms with E-state index in [-0.39, 0.29) is 5.38 Å². The summed E-state index contributed by atoms with van der Waals surface area (Å²) in [7, 11) is 0. The van der Waals surface area contributed by atoms with Crippen LogP contribution in [0.15, 0.2) is 0 Å².